The summed E-state index contributed by atoms with van der Waals surface area (Å²) in [5, 5.41) is 0. The first kappa shape index (κ1) is 15.6. The average molecular weight is 282 g/mol. The van der Waals surface area contributed by atoms with Gasteiger partial charge in [0, 0.05) is 0 Å². The standard InChI is InChI=1S/C8H12O7P2/c1-5-11-16(9,12-6-2)15-17(10,13-7-3)14-8-4/h5-8H,1-4H2. The highest BCUT2D eigenvalue weighted by Gasteiger charge is 2.43. The Bertz CT molecular complexity index is 325. The van der Waals surface area contributed by atoms with Crippen molar-refractivity contribution >= 4 is 15.6 Å². The molecule has 0 saturated carbocycles. The summed E-state index contributed by atoms with van der Waals surface area (Å²) in [7, 11) is -8.49. The summed E-state index contributed by atoms with van der Waals surface area (Å²) in [6, 6.07) is 0. The summed E-state index contributed by atoms with van der Waals surface area (Å²) in [5.74, 6) is 0. The van der Waals surface area contributed by atoms with Crippen molar-refractivity contribution < 1.29 is 31.5 Å². The van der Waals surface area contributed by atoms with Gasteiger partial charge in [0.15, 0.2) is 0 Å². The van der Waals surface area contributed by atoms with Crippen LogP contribution in [-0.4, -0.2) is 0 Å². The van der Waals surface area contributed by atoms with E-state index in [1.165, 1.54) is 0 Å². The quantitative estimate of drug-likeness (QED) is 0.444. The number of phosphoric ester groups is 2. The molecule has 17 heavy (non-hydrogen) atoms. The third-order valence-corrected chi connectivity index (χ3v) is 4.24. The maximum Gasteiger partial charge on any atom is 0.597 e. The van der Waals surface area contributed by atoms with Crippen molar-refractivity contribution in [2.24, 2.45) is 0 Å². The molecule has 0 heterocycles. The Labute approximate surface area is 99.2 Å². The minimum absolute atomic E-state index is 0.774. The summed E-state index contributed by atoms with van der Waals surface area (Å²) in [4.78, 5) is 0. The molecule has 0 aliphatic heterocycles. The van der Waals surface area contributed by atoms with Gasteiger partial charge in [0.2, 0.25) is 0 Å². The van der Waals surface area contributed by atoms with Gasteiger partial charge in [-0.15, -0.1) is 4.31 Å². The summed E-state index contributed by atoms with van der Waals surface area (Å²) < 4.78 is 45.9. The fraction of sp³-hybridized carbons (Fsp3) is 0. The molecule has 0 N–H and O–H groups in total. The van der Waals surface area contributed by atoms with Crippen LogP contribution in [0.1, 0.15) is 0 Å². The molecule has 0 aliphatic rings. The van der Waals surface area contributed by atoms with E-state index >= 15 is 0 Å². The minimum Gasteiger partial charge on any atom is -0.403 e. The van der Waals surface area contributed by atoms with Crippen LogP contribution in [0.2, 0.25) is 0 Å². The first-order valence-electron chi connectivity index (χ1n) is 4.04. The van der Waals surface area contributed by atoms with Gasteiger partial charge in [-0.3, -0.25) is 0 Å². The lowest BCUT2D eigenvalue weighted by molar-refractivity contribution is 0.197. The maximum absolute atomic E-state index is 11.8. The summed E-state index contributed by atoms with van der Waals surface area (Å²) in [6.07, 6.45) is 3.10. The van der Waals surface area contributed by atoms with Crippen molar-refractivity contribution in [3.05, 3.63) is 51.4 Å². The Morgan fingerprint density at radius 3 is 1.06 bits per heavy atom. The van der Waals surface area contributed by atoms with Crippen molar-refractivity contribution in [2.75, 3.05) is 0 Å². The van der Waals surface area contributed by atoms with Crippen LogP contribution in [0.4, 0.5) is 0 Å². The summed E-state index contributed by atoms with van der Waals surface area (Å²) in [6.45, 7) is 12.6. The van der Waals surface area contributed by atoms with Crippen LogP contribution in [0, 0.1) is 0 Å². The van der Waals surface area contributed by atoms with Gasteiger partial charge in [-0.2, -0.15) is 0 Å². The van der Waals surface area contributed by atoms with Gasteiger partial charge in [0.25, 0.3) is 0 Å². The number of rotatable bonds is 10. The monoisotopic (exact) mass is 282 g/mol. The van der Waals surface area contributed by atoms with Gasteiger partial charge in [0.05, 0.1) is 25.0 Å². The molecule has 0 saturated heterocycles. The maximum atomic E-state index is 11.8. The van der Waals surface area contributed by atoms with Gasteiger partial charge in [0.1, 0.15) is 0 Å². The Morgan fingerprint density at radius 2 is 0.882 bits per heavy atom. The predicted molar refractivity (Wildman–Crippen MR) is 61.4 cm³/mol. The predicted octanol–water partition coefficient (Wildman–Crippen LogP) is 3.86. The fourth-order valence-electron chi connectivity index (χ4n) is 0.614. The molecule has 0 spiro atoms. The highest BCUT2D eigenvalue weighted by atomic mass is 31.3. The molecule has 0 aliphatic carbocycles. The second-order valence-electron chi connectivity index (χ2n) is 2.06. The second kappa shape index (κ2) is 7.01. The molecular weight excluding hydrogens is 270 g/mol. The van der Waals surface area contributed by atoms with Crippen molar-refractivity contribution in [3.8, 4) is 0 Å². The van der Waals surface area contributed by atoms with Gasteiger partial charge in [-0.05, 0) is 0 Å². The summed E-state index contributed by atoms with van der Waals surface area (Å²) >= 11 is 0. The lowest BCUT2D eigenvalue weighted by Crippen LogP contribution is -1.95. The Kier molecular flexibility index (Phi) is 6.43. The number of hydrogen-bond acceptors (Lipinski definition) is 7. The van der Waals surface area contributed by atoms with E-state index in [0.717, 1.165) is 25.0 Å². The summed E-state index contributed by atoms with van der Waals surface area (Å²) in [5.41, 5.74) is 0. The zero-order valence-corrected chi connectivity index (χ0v) is 10.7. The number of phosphoric acid groups is 2. The van der Waals surface area contributed by atoms with Gasteiger partial charge in [-0.25, -0.2) is 9.13 Å². The third-order valence-electron chi connectivity index (χ3n) is 1.01. The fourth-order valence-corrected chi connectivity index (χ4v) is 3.04. The molecule has 0 amide bonds. The van der Waals surface area contributed by atoms with Crippen LogP contribution >= 0.6 is 15.6 Å². The van der Waals surface area contributed by atoms with Gasteiger partial charge < -0.3 is 18.1 Å². The molecule has 0 unspecified atom stereocenters. The Morgan fingerprint density at radius 1 is 0.647 bits per heavy atom. The molecule has 7 nitrogen and oxygen atoms in total. The van der Waals surface area contributed by atoms with E-state index in [0.29, 0.717) is 0 Å². The van der Waals surface area contributed by atoms with Crippen molar-refractivity contribution in [3.63, 3.8) is 0 Å². The molecule has 0 atom stereocenters. The first-order chi connectivity index (χ1) is 7.95. The van der Waals surface area contributed by atoms with Crippen molar-refractivity contribution in [1.82, 2.24) is 0 Å². The largest absolute Gasteiger partial charge is 0.597 e. The van der Waals surface area contributed by atoms with Crippen LogP contribution in [0.15, 0.2) is 51.4 Å². The molecule has 96 valence electrons. The van der Waals surface area contributed by atoms with Gasteiger partial charge >= 0.3 is 15.6 Å². The average Bonchev–Trinajstić information content (AvgIpc) is 2.17. The Balaban J connectivity index is 5.03. The first-order valence-corrected chi connectivity index (χ1v) is 6.96. The lowest BCUT2D eigenvalue weighted by atomic mass is 11.2. The highest BCUT2D eigenvalue weighted by Crippen LogP contribution is 2.66. The highest BCUT2D eigenvalue weighted by molar-refractivity contribution is 7.62. The smallest absolute Gasteiger partial charge is 0.403 e. The van der Waals surface area contributed by atoms with E-state index in [1.807, 2.05) is 0 Å². The molecule has 0 radical (unpaired) electrons. The molecule has 9 heteroatoms. The van der Waals surface area contributed by atoms with Crippen molar-refractivity contribution in [1.29, 1.82) is 0 Å². The van der Waals surface area contributed by atoms with E-state index in [9.17, 15) is 9.13 Å². The molecule has 0 aromatic heterocycles. The van der Waals surface area contributed by atoms with E-state index in [4.69, 9.17) is 0 Å². The molecular formula is C8H12O7P2. The molecule has 0 aromatic rings. The van der Waals surface area contributed by atoms with E-state index in [1.54, 1.807) is 0 Å². The van der Waals surface area contributed by atoms with Gasteiger partial charge in [-0.1, -0.05) is 26.3 Å². The van der Waals surface area contributed by atoms with E-state index < -0.39 is 15.6 Å². The Hall–Kier alpha value is -1.42. The van der Waals surface area contributed by atoms with E-state index in [-0.39, 0.29) is 0 Å². The zero-order valence-electron chi connectivity index (χ0n) is 8.89. The van der Waals surface area contributed by atoms with Crippen LogP contribution < -0.4 is 0 Å². The van der Waals surface area contributed by atoms with E-state index in [2.05, 4.69) is 48.7 Å². The number of hydrogen-bond donors (Lipinski definition) is 0. The van der Waals surface area contributed by atoms with Crippen LogP contribution in [-0.2, 0) is 31.5 Å². The molecule has 0 aromatic carbocycles. The van der Waals surface area contributed by atoms with Crippen LogP contribution in [0.5, 0.6) is 0 Å². The zero-order chi connectivity index (χ0) is 13.4. The van der Waals surface area contributed by atoms with Crippen LogP contribution in [0.3, 0.4) is 0 Å². The van der Waals surface area contributed by atoms with Crippen LogP contribution in [0.25, 0.3) is 0 Å². The third kappa shape index (κ3) is 5.45. The SMILES string of the molecule is C=COP(=O)(OC=C)OP(=O)(OC=C)OC=C. The molecule has 0 fully saturated rings. The molecule has 0 rings (SSSR count). The normalized spacial score (nSPS) is 10.8. The topological polar surface area (TPSA) is 80.3 Å². The molecule has 0 bridgehead atoms. The van der Waals surface area contributed by atoms with Crippen molar-refractivity contribution in [2.45, 2.75) is 0 Å². The second-order valence-corrected chi connectivity index (χ2v) is 5.35. The minimum atomic E-state index is -4.25. The lowest BCUT2D eigenvalue weighted by Gasteiger charge is -2.18.